The van der Waals surface area contributed by atoms with Crippen molar-refractivity contribution in [1.82, 2.24) is 0 Å². The van der Waals surface area contributed by atoms with E-state index in [-0.39, 0.29) is 30.0 Å². The first-order valence-corrected chi connectivity index (χ1v) is 7.84. The Morgan fingerprint density at radius 1 is 1.37 bits per heavy atom. The van der Waals surface area contributed by atoms with Crippen LogP contribution in [0.5, 0.6) is 5.75 Å². The van der Waals surface area contributed by atoms with Crippen LogP contribution >= 0.6 is 0 Å². The highest BCUT2D eigenvalue weighted by Gasteiger charge is 2.29. The van der Waals surface area contributed by atoms with Gasteiger partial charge in [0.05, 0.1) is 25.0 Å². The molecule has 0 N–H and O–H groups in total. The number of hydrogen-bond donors (Lipinski definition) is 0. The van der Waals surface area contributed by atoms with Crippen molar-refractivity contribution in [2.75, 3.05) is 18.6 Å². The number of para-hydroxylation sites is 1. The van der Waals surface area contributed by atoms with E-state index < -0.39 is 9.84 Å². The molecule has 1 aromatic carbocycles. The Kier molecular flexibility index (Phi) is 4.09. The average molecular weight is 284 g/mol. The molecule has 1 aliphatic rings. The number of benzene rings is 1. The van der Waals surface area contributed by atoms with E-state index in [2.05, 4.69) is 4.74 Å². The molecule has 19 heavy (non-hydrogen) atoms. The average Bonchev–Trinajstić information content (AvgIpc) is 2.71. The van der Waals surface area contributed by atoms with E-state index in [4.69, 9.17) is 4.74 Å². The van der Waals surface area contributed by atoms with Crippen molar-refractivity contribution in [2.24, 2.45) is 0 Å². The van der Waals surface area contributed by atoms with E-state index in [9.17, 15) is 13.2 Å². The fourth-order valence-corrected chi connectivity index (χ4v) is 3.62. The van der Waals surface area contributed by atoms with E-state index in [0.29, 0.717) is 17.7 Å². The van der Waals surface area contributed by atoms with E-state index in [0.717, 1.165) is 0 Å². The minimum Gasteiger partial charge on any atom is -0.489 e. The number of hydrogen-bond acceptors (Lipinski definition) is 5. The van der Waals surface area contributed by atoms with Crippen LogP contribution in [0.15, 0.2) is 24.3 Å². The van der Waals surface area contributed by atoms with Gasteiger partial charge in [0.15, 0.2) is 9.84 Å². The predicted octanol–water partition coefficient (Wildman–Crippen LogP) is 0.968. The summed E-state index contributed by atoms with van der Waals surface area (Å²) in [6.45, 7) is 0. The maximum Gasteiger partial charge on any atom is 0.310 e. The molecule has 1 saturated heterocycles. The molecule has 1 aromatic rings. The first-order chi connectivity index (χ1) is 9.00. The molecule has 1 unspecified atom stereocenters. The summed E-state index contributed by atoms with van der Waals surface area (Å²) in [6, 6.07) is 7.11. The first kappa shape index (κ1) is 13.9. The number of methoxy groups -OCH3 is 1. The van der Waals surface area contributed by atoms with Crippen molar-refractivity contribution in [3.63, 3.8) is 0 Å². The predicted molar refractivity (Wildman–Crippen MR) is 69.8 cm³/mol. The minimum atomic E-state index is -2.97. The lowest BCUT2D eigenvalue weighted by Gasteiger charge is -2.15. The Labute approximate surface area is 112 Å². The van der Waals surface area contributed by atoms with E-state index in [1.54, 1.807) is 24.3 Å². The monoisotopic (exact) mass is 284 g/mol. The minimum absolute atomic E-state index is 0.0412. The van der Waals surface area contributed by atoms with Gasteiger partial charge in [0.1, 0.15) is 11.9 Å². The zero-order chi connectivity index (χ0) is 13.9. The summed E-state index contributed by atoms with van der Waals surface area (Å²) in [4.78, 5) is 11.3. The Morgan fingerprint density at radius 2 is 2.11 bits per heavy atom. The highest BCUT2D eigenvalue weighted by Crippen LogP contribution is 2.24. The molecule has 0 bridgehead atoms. The topological polar surface area (TPSA) is 69.7 Å². The molecule has 0 spiro atoms. The first-order valence-electron chi connectivity index (χ1n) is 6.02. The van der Waals surface area contributed by atoms with Gasteiger partial charge in [0.25, 0.3) is 0 Å². The molecule has 1 heterocycles. The summed E-state index contributed by atoms with van der Waals surface area (Å²) in [5.74, 6) is 0.404. The third kappa shape index (κ3) is 3.70. The Hall–Kier alpha value is -1.56. The molecular formula is C13H16O5S. The van der Waals surface area contributed by atoms with Crippen molar-refractivity contribution in [1.29, 1.82) is 0 Å². The molecule has 0 radical (unpaired) electrons. The Bertz CT molecular complexity index is 564. The van der Waals surface area contributed by atoms with Crippen LogP contribution in [0, 0.1) is 0 Å². The van der Waals surface area contributed by atoms with Crippen molar-refractivity contribution < 1.29 is 22.7 Å². The number of esters is 1. The van der Waals surface area contributed by atoms with E-state index >= 15 is 0 Å². The summed E-state index contributed by atoms with van der Waals surface area (Å²) in [6.07, 6.45) is 0.282. The lowest BCUT2D eigenvalue weighted by Crippen LogP contribution is -2.19. The maximum atomic E-state index is 11.4. The lowest BCUT2D eigenvalue weighted by molar-refractivity contribution is -0.139. The quantitative estimate of drug-likeness (QED) is 0.770. The van der Waals surface area contributed by atoms with Gasteiger partial charge in [-0.05, 0) is 12.5 Å². The Balaban J connectivity index is 2.10. The zero-order valence-corrected chi connectivity index (χ0v) is 11.5. The fourth-order valence-electron chi connectivity index (χ4n) is 2.03. The summed E-state index contributed by atoms with van der Waals surface area (Å²) in [5.41, 5.74) is 0.707. The largest absolute Gasteiger partial charge is 0.489 e. The fraction of sp³-hybridized carbons (Fsp3) is 0.462. The molecule has 1 aliphatic heterocycles. The molecule has 6 heteroatoms. The van der Waals surface area contributed by atoms with Gasteiger partial charge in [0, 0.05) is 5.56 Å². The SMILES string of the molecule is COC(=O)Cc1ccccc1OC1CCS(=O)(=O)C1. The second-order valence-corrected chi connectivity index (χ2v) is 6.73. The normalized spacial score (nSPS) is 21.0. The van der Waals surface area contributed by atoms with Gasteiger partial charge in [-0.25, -0.2) is 8.42 Å². The van der Waals surface area contributed by atoms with Gasteiger partial charge < -0.3 is 9.47 Å². The summed E-state index contributed by atoms with van der Waals surface area (Å²) < 4.78 is 33.1. The Morgan fingerprint density at radius 3 is 2.74 bits per heavy atom. The van der Waals surface area contributed by atoms with E-state index in [1.807, 2.05) is 0 Å². The maximum absolute atomic E-state index is 11.4. The third-order valence-corrected chi connectivity index (χ3v) is 4.76. The molecule has 0 aliphatic carbocycles. The molecule has 2 rings (SSSR count). The number of ether oxygens (including phenoxy) is 2. The van der Waals surface area contributed by atoms with Gasteiger partial charge in [-0.1, -0.05) is 18.2 Å². The van der Waals surface area contributed by atoms with Crippen molar-refractivity contribution >= 4 is 15.8 Å². The molecule has 104 valence electrons. The van der Waals surface area contributed by atoms with Crippen LogP contribution in [0.25, 0.3) is 0 Å². The number of carbonyl (C=O) groups is 1. The van der Waals surface area contributed by atoms with Crippen molar-refractivity contribution in [3.05, 3.63) is 29.8 Å². The zero-order valence-electron chi connectivity index (χ0n) is 10.7. The van der Waals surface area contributed by atoms with Crippen LogP contribution in [-0.4, -0.2) is 39.1 Å². The van der Waals surface area contributed by atoms with Crippen LogP contribution in [0.1, 0.15) is 12.0 Å². The van der Waals surface area contributed by atoms with Gasteiger partial charge in [0.2, 0.25) is 0 Å². The molecule has 0 aromatic heterocycles. The summed E-state index contributed by atoms with van der Waals surface area (Å²) >= 11 is 0. The highest BCUT2D eigenvalue weighted by molar-refractivity contribution is 7.91. The van der Waals surface area contributed by atoms with Crippen LogP contribution < -0.4 is 4.74 Å². The van der Waals surface area contributed by atoms with Crippen molar-refractivity contribution in [2.45, 2.75) is 18.9 Å². The van der Waals surface area contributed by atoms with Crippen LogP contribution in [-0.2, 0) is 25.8 Å². The number of carbonyl (C=O) groups excluding carboxylic acids is 1. The molecule has 1 atom stereocenters. The standard InChI is InChI=1S/C13H16O5S/c1-17-13(14)8-10-4-2-3-5-12(10)18-11-6-7-19(15,16)9-11/h2-5,11H,6-9H2,1H3. The third-order valence-electron chi connectivity index (χ3n) is 3.02. The van der Waals surface area contributed by atoms with Crippen LogP contribution in [0.2, 0.25) is 0 Å². The molecule has 0 amide bonds. The summed E-state index contributed by atoms with van der Waals surface area (Å²) in [7, 11) is -1.64. The summed E-state index contributed by atoms with van der Waals surface area (Å²) in [5, 5.41) is 0. The van der Waals surface area contributed by atoms with Gasteiger partial charge >= 0.3 is 5.97 Å². The van der Waals surface area contributed by atoms with Crippen molar-refractivity contribution in [3.8, 4) is 5.75 Å². The highest BCUT2D eigenvalue weighted by atomic mass is 32.2. The number of sulfone groups is 1. The van der Waals surface area contributed by atoms with Gasteiger partial charge in [-0.15, -0.1) is 0 Å². The second kappa shape index (κ2) is 5.61. The molecule has 5 nitrogen and oxygen atoms in total. The molecule has 0 saturated carbocycles. The van der Waals surface area contributed by atoms with Crippen LogP contribution in [0.3, 0.4) is 0 Å². The smallest absolute Gasteiger partial charge is 0.310 e. The number of rotatable bonds is 4. The molecular weight excluding hydrogens is 268 g/mol. The van der Waals surface area contributed by atoms with E-state index in [1.165, 1.54) is 7.11 Å². The van der Waals surface area contributed by atoms with Crippen LogP contribution in [0.4, 0.5) is 0 Å². The van der Waals surface area contributed by atoms with Gasteiger partial charge in [-0.3, -0.25) is 4.79 Å². The lowest BCUT2D eigenvalue weighted by atomic mass is 10.1. The molecule has 1 fully saturated rings. The second-order valence-electron chi connectivity index (χ2n) is 4.50. The van der Waals surface area contributed by atoms with Gasteiger partial charge in [-0.2, -0.15) is 0 Å².